The number of aromatic amines is 1. The van der Waals surface area contributed by atoms with Gasteiger partial charge < -0.3 is 15.0 Å². The largest absolute Gasteiger partial charge is 0.507 e. The first-order valence-corrected chi connectivity index (χ1v) is 9.37. The number of nitrogens with one attached hydrogen (secondary N) is 1. The number of hydrogen-bond donors (Lipinski definition) is 2. The molecule has 0 unspecified atom stereocenters. The lowest BCUT2D eigenvalue weighted by Gasteiger charge is -2.20. The summed E-state index contributed by atoms with van der Waals surface area (Å²) in [4.78, 5) is 17.4. The van der Waals surface area contributed by atoms with Crippen LogP contribution in [0.15, 0.2) is 52.6 Å². The molecule has 2 N–H and O–H groups in total. The van der Waals surface area contributed by atoms with Gasteiger partial charge in [-0.3, -0.25) is 4.79 Å². The van der Waals surface area contributed by atoms with E-state index in [0.29, 0.717) is 10.7 Å². The molecule has 2 aromatic carbocycles. The minimum atomic E-state index is -0.0886. The SMILES string of the molecule is C[C@@H](c1ccc(-c2c(O)ccc3[nH]c(=O)c4sccc4c23)cc1)N(C)C.Cl. The summed E-state index contributed by atoms with van der Waals surface area (Å²) in [7, 11) is 4.11. The Morgan fingerprint density at radius 3 is 2.44 bits per heavy atom. The van der Waals surface area contributed by atoms with Gasteiger partial charge >= 0.3 is 0 Å². The van der Waals surface area contributed by atoms with E-state index in [-0.39, 0.29) is 23.7 Å². The molecule has 0 fully saturated rings. The molecule has 1 atom stereocenters. The lowest BCUT2D eigenvalue weighted by Crippen LogP contribution is -2.16. The molecule has 4 rings (SSSR count). The fourth-order valence-corrected chi connectivity index (χ4v) is 4.15. The number of H-pyrrole nitrogens is 1. The van der Waals surface area contributed by atoms with Gasteiger partial charge in [0.15, 0.2) is 0 Å². The minimum absolute atomic E-state index is 0. The molecular formula is C21H21ClN2O2S. The van der Waals surface area contributed by atoms with E-state index in [1.54, 1.807) is 12.1 Å². The first kappa shape index (κ1) is 19.4. The van der Waals surface area contributed by atoms with E-state index in [9.17, 15) is 9.90 Å². The number of benzene rings is 2. The maximum Gasteiger partial charge on any atom is 0.266 e. The number of nitrogens with zero attached hydrogens (tertiary/aromatic N) is 1. The molecule has 0 amide bonds. The molecular weight excluding hydrogens is 380 g/mol. The molecule has 2 heterocycles. The van der Waals surface area contributed by atoms with Crippen LogP contribution in [0, 0.1) is 0 Å². The molecule has 0 saturated carbocycles. The van der Waals surface area contributed by atoms with E-state index in [1.165, 1.54) is 16.9 Å². The van der Waals surface area contributed by atoms with Crippen LogP contribution in [0.25, 0.3) is 32.1 Å². The van der Waals surface area contributed by atoms with Crippen LogP contribution in [0.3, 0.4) is 0 Å². The van der Waals surface area contributed by atoms with E-state index in [0.717, 1.165) is 27.4 Å². The van der Waals surface area contributed by atoms with Crippen molar-refractivity contribution in [2.75, 3.05) is 14.1 Å². The number of aromatic nitrogens is 1. The number of thiophene rings is 1. The Hall–Kier alpha value is -2.34. The molecule has 0 aliphatic carbocycles. The maximum atomic E-state index is 12.3. The molecule has 0 aliphatic heterocycles. The normalized spacial score (nSPS) is 12.4. The molecule has 0 spiro atoms. The second-order valence-electron chi connectivity index (χ2n) is 6.76. The third kappa shape index (κ3) is 3.23. The van der Waals surface area contributed by atoms with Gasteiger partial charge in [0.1, 0.15) is 10.4 Å². The van der Waals surface area contributed by atoms with Gasteiger partial charge in [-0.2, -0.15) is 0 Å². The third-order valence-corrected chi connectivity index (χ3v) is 5.94. The van der Waals surface area contributed by atoms with Gasteiger partial charge in [-0.25, -0.2) is 0 Å². The van der Waals surface area contributed by atoms with Gasteiger partial charge in [0.25, 0.3) is 5.56 Å². The highest BCUT2D eigenvalue weighted by Crippen LogP contribution is 2.39. The Balaban J connectivity index is 0.00000210. The fraction of sp³-hybridized carbons (Fsp3) is 0.190. The molecule has 0 saturated heterocycles. The molecule has 0 aliphatic rings. The van der Waals surface area contributed by atoms with E-state index in [1.807, 2.05) is 23.6 Å². The summed E-state index contributed by atoms with van der Waals surface area (Å²) in [5, 5.41) is 14.3. The van der Waals surface area contributed by atoms with Crippen LogP contribution >= 0.6 is 23.7 Å². The molecule has 2 aromatic heterocycles. The zero-order valence-electron chi connectivity index (χ0n) is 15.3. The Morgan fingerprint density at radius 1 is 1.07 bits per heavy atom. The molecule has 0 radical (unpaired) electrons. The van der Waals surface area contributed by atoms with Crippen LogP contribution < -0.4 is 5.56 Å². The van der Waals surface area contributed by atoms with Gasteiger partial charge in [0.05, 0.1) is 0 Å². The molecule has 140 valence electrons. The number of aromatic hydroxyl groups is 1. The van der Waals surface area contributed by atoms with Crippen LogP contribution in [0.2, 0.25) is 0 Å². The van der Waals surface area contributed by atoms with Crippen LogP contribution in [0.4, 0.5) is 0 Å². The Bertz CT molecular complexity index is 1160. The summed E-state index contributed by atoms with van der Waals surface area (Å²) in [6, 6.07) is 13.9. The fourth-order valence-electron chi connectivity index (χ4n) is 3.36. The lowest BCUT2D eigenvalue weighted by molar-refractivity contribution is 0.321. The van der Waals surface area contributed by atoms with Crippen molar-refractivity contribution in [3.8, 4) is 16.9 Å². The first-order valence-electron chi connectivity index (χ1n) is 8.49. The summed E-state index contributed by atoms with van der Waals surface area (Å²) in [5.41, 5.74) is 3.55. The van der Waals surface area contributed by atoms with Crippen LogP contribution in [-0.4, -0.2) is 29.1 Å². The zero-order valence-corrected chi connectivity index (χ0v) is 16.9. The highest BCUT2D eigenvalue weighted by atomic mass is 35.5. The maximum absolute atomic E-state index is 12.3. The van der Waals surface area contributed by atoms with Crippen molar-refractivity contribution in [2.45, 2.75) is 13.0 Å². The van der Waals surface area contributed by atoms with Crippen molar-refractivity contribution in [1.82, 2.24) is 9.88 Å². The summed E-state index contributed by atoms with van der Waals surface area (Å²) in [6.45, 7) is 2.16. The molecule has 4 nitrogen and oxygen atoms in total. The van der Waals surface area contributed by atoms with Gasteiger partial charge in [-0.15, -0.1) is 23.7 Å². The van der Waals surface area contributed by atoms with Crippen molar-refractivity contribution >= 4 is 44.7 Å². The number of pyridine rings is 1. The summed E-state index contributed by atoms with van der Waals surface area (Å²) < 4.78 is 0.683. The monoisotopic (exact) mass is 400 g/mol. The van der Waals surface area contributed by atoms with Crippen molar-refractivity contribution in [1.29, 1.82) is 0 Å². The van der Waals surface area contributed by atoms with E-state index in [2.05, 4.69) is 43.0 Å². The topological polar surface area (TPSA) is 56.3 Å². The Kier molecular flexibility index (Phi) is 5.29. The van der Waals surface area contributed by atoms with Gasteiger partial charge in [-0.1, -0.05) is 24.3 Å². The van der Waals surface area contributed by atoms with Gasteiger partial charge in [0, 0.05) is 27.9 Å². The second-order valence-corrected chi connectivity index (χ2v) is 7.68. The van der Waals surface area contributed by atoms with Crippen LogP contribution in [0.5, 0.6) is 5.75 Å². The van der Waals surface area contributed by atoms with Gasteiger partial charge in [0.2, 0.25) is 0 Å². The zero-order chi connectivity index (χ0) is 18.4. The molecule has 4 aromatic rings. The van der Waals surface area contributed by atoms with Crippen LogP contribution in [0.1, 0.15) is 18.5 Å². The highest BCUT2D eigenvalue weighted by Gasteiger charge is 2.16. The smallest absolute Gasteiger partial charge is 0.266 e. The van der Waals surface area contributed by atoms with Crippen molar-refractivity contribution in [3.05, 3.63) is 63.8 Å². The van der Waals surface area contributed by atoms with Crippen molar-refractivity contribution in [2.24, 2.45) is 0 Å². The lowest BCUT2D eigenvalue weighted by atomic mass is 9.95. The molecule has 6 heteroatoms. The highest BCUT2D eigenvalue weighted by molar-refractivity contribution is 7.17. The number of phenolic OH excluding ortho intramolecular Hbond substituents is 1. The quantitative estimate of drug-likeness (QED) is 0.499. The Morgan fingerprint density at radius 2 is 1.78 bits per heavy atom. The summed E-state index contributed by atoms with van der Waals surface area (Å²) >= 11 is 1.42. The van der Waals surface area contributed by atoms with Gasteiger partial charge in [-0.05, 0) is 55.7 Å². The predicted octanol–water partition coefficient (Wildman–Crippen LogP) is 5.16. The summed E-state index contributed by atoms with van der Waals surface area (Å²) in [6.07, 6.45) is 0. The third-order valence-electron chi connectivity index (χ3n) is 5.03. The average Bonchev–Trinajstić information content (AvgIpc) is 3.12. The van der Waals surface area contributed by atoms with E-state index < -0.39 is 0 Å². The average molecular weight is 401 g/mol. The standard InChI is InChI=1S/C21H20N2O2S.ClH/c1-12(23(2)3)13-4-6-14(7-5-13)18-17(24)9-8-16-19(18)15-10-11-26-20(15)21(25)22-16;/h4-12,24H,1-3H3,(H,22,25);1H/t12-;/m0./s1. The van der Waals surface area contributed by atoms with Crippen molar-refractivity contribution in [3.63, 3.8) is 0 Å². The Labute approximate surface area is 167 Å². The molecule has 0 bridgehead atoms. The van der Waals surface area contributed by atoms with Crippen LogP contribution in [-0.2, 0) is 0 Å². The number of rotatable bonds is 3. The second kappa shape index (κ2) is 7.35. The van der Waals surface area contributed by atoms with E-state index >= 15 is 0 Å². The predicted molar refractivity (Wildman–Crippen MR) is 116 cm³/mol. The number of phenols is 1. The number of hydrogen-bond acceptors (Lipinski definition) is 4. The first-order chi connectivity index (χ1) is 12.5. The number of fused-ring (bicyclic) bond motifs is 3. The van der Waals surface area contributed by atoms with E-state index in [4.69, 9.17) is 0 Å². The summed E-state index contributed by atoms with van der Waals surface area (Å²) in [5.74, 6) is 0.213. The molecule has 27 heavy (non-hydrogen) atoms. The van der Waals surface area contributed by atoms with Crippen molar-refractivity contribution < 1.29 is 5.11 Å². The minimum Gasteiger partial charge on any atom is -0.507 e. The number of halogens is 1.